The fraction of sp³-hybridized carbons (Fsp3) is 0.615. The van der Waals surface area contributed by atoms with Gasteiger partial charge in [-0.1, -0.05) is 12.8 Å². The number of hydrogen-bond donors (Lipinski definition) is 2. The highest BCUT2D eigenvalue weighted by Gasteiger charge is 2.30. The van der Waals surface area contributed by atoms with Gasteiger partial charge < -0.3 is 10.4 Å². The van der Waals surface area contributed by atoms with Crippen LogP contribution in [-0.2, 0) is 10.0 Å². The van der Waals surface area contributed by atoms with E-state index in [1.54, 1.807) is 6.07 Å². The first-order valence-electron chi connectivity index (χ1n) is 6.68. The molecule has 1 aromatic heterocycles. The van der Waals surface area contributed by atoms with Crippen molar-refractivity contribution in [3.8, 4) is 0 Å². The summed E-state index contributed by atoms with van der Waals surface area (Å²) >= 11 is 0. The zero-order valence-corrected chi connectivity index (χ0v) is 12.7. The zero-order valence-electron chi connectivity index (χ0n) is 11.8. The van der Waals surface area contributed by atoms with Gasteiger partial charge >= 0.3 is 0 Å². The van der Waals surface area contributed by atoms with E-state index in [1.807, 2.05) is 0 Å². The van der Waals surface area contributed by atoms with Crippen LogP contribution in [0.15, 0.2) is 23.2 Å². The maximum Gasteiger partial charge on any atom is 0.244 e. The van der Waals surface area contributed by atoms with Crippen molar-refractivity contribution in [2.24, 2.45) is 0 Å². The third kappa shape index (κ3) is 3.28. The van der Waals surface area contributed by atoms with Gasteiger partial charge in [0.15, 0.2) is 0 Å². The number of anilines is 1. The molecule has 0 bridgehead atoms. The molecule has 1 heterocycles. The van der Waals surface area contributed by atoms with E-state index in [4.69, 9.17) is 0 Å². The van der Waals surface area contributed by atoms with E-state index in [0.29, 0.717) is 12.4 Å². The predicted octanol–water partition coefficient (Wildman–Crippen LogP) is 1.05. The number of nitrogens with one attached hydrogen (secondary N) is 1. The van der Waals surface area contributed by atoms with Gasteiger partial charge in [0.2, 0.25) is 10.0 Å². The van der Waals surface area contributed by atoms with Crippen molar-refractivity contribution >= 4 is 15.8 Å². The molecule has 1 aromatic rings. The van der Waals surface area contributed by atoms with Gasteiger partial charge in [0.1, 0.15) is 10.7 Å². The van der Waals surface area contributed by atoms with Crippen molar-refractivity contribution in [2.75, 3.05) is 26.0 Å². The number of sulfonamides is 1. The molecule has 1 fully saturated rings. The monoisotopic (exact) mass is 299 g/mol. The summed E-state index contributed by atoms with van der Waals surface area (Å²) in [5.74, 6) is 0.572. The van der Waals surface area contributed by atoms with Crippen LogP contribution in [0.1, 0.15) is 25.7 Å². The highest BCUT2D eigenvalue weighted by atomic mass is 32.2. The van der Waals surface area contributed by atoms with Crippen LogP contribution < -0.4 is 5.32 Å². The molecule has 2 rings (SSSR count). The lowest BCUT2D eigenvalue weighted by Gasteiger charge is -2.22. The van der Waals surface area contributed by atoms with Gasteiger partial charge in [-0.3, -0.25) is 0 Å². The summed E-state index contributed by atoms with van der Waals surface area (Å²) in [5.41, 5.74) is -0.657. The zero-order chi connectivity index (χ0) is 14.8. The molecule has 0 saturated heterocycles. The molecule has 0 unspecified atom stereocenters. The number of aromatic nitrogens is 1. The highest BCUT2D eigenvalue weighted by Crippen LogP contribution is 2.29. The molecule has 112 valence electrons. The minimum atomic E-state index is -3.44. The van der Waals surface area contributed by atoms with E-state index in [0.717, 1.165) is 30.0 Å². The third-order valence-electron chi connectivity index (χ3n) is 3.65. The van der Waals surface area contributed by atoms with Crippen LogP contribution in [0.4, 0.5) is 5.82 Å². The van der Waals surface area contributed by atoms with E-state index in [2.05, 4.69) is 10.3 Å². The van der Waals surface area contributed by atoms with Crippen molar-refractivity contribution in [1.29, 1.82) is 0 Å². The molecule has 2 N–H and O–H groups in total. The quantitative estimate of drug-likeness (QED) is 0.849. The topological polar surface area (TPSA) is 82.5 Å². The number of aliphatic hydroxyl groups is 1. The van der Waals surface area contributed by atoms with Crippen LogP contribution in [0.25, 0.3) is 0 Å². The second-order valence-corrected chi connectivity index (χ2v) is 7.60. The summed E-state index contributed by atoms with van der Waals surface area (Å²) in [5, 5.41) is 13.3. The largest absolute Gasteiger partial charge is 0.388 e. The van der Waals surface area contributed by atoms with Crippen molar-refractivity contribution in [1.82, 2.24) is 9.29 Å². The number of rotatable bonds is 5. The lowest BCUT2D eigenvalue weighted by molar-refractivity contribution is 0.0614. The third-order valence-corrected chi connectivity index (χ3v) is 5.45. The first kappa shape index (κ1) is 15.2. The van der Waals surface area contributed by atoms with Gasteiger partial charge in [-0.15, -0.1) is 0 Å². The normalized spacial score (nSPS) is 18.4. The Hall–Kier alpha value is -1.18. The predicted molar refractivity (Wildman–Crippen MR) is 77.0 cm³/mol. The van der Waals surface area contributed by atoms with Gasteiger partial charge in [-0.25, -0.2) is 17.7 Å². The second kappa shape index (κ2) is 5.67. The van der Waals surface area contributed by atoms with Crippen molar-refractivity contribution < 1.29 is 13.5 Å². The van der Waals surface area contributed by atoms with Crippen LogP contribution in [-0.4, -0.2) is 49.1 Å². The van der Waals surface area contributed by atoms with Gasteiger partial charge in [-0.2, -0.15) is 0 Å². The summed E-state index contributed by atoms with van der Waals surface area (Å²) < 4.78 is 24.9. The Morgan fingerprint density at radius 3 is 2.50 bits per heavy atom. The average molecular weight is 299 g/mol. The molecule has 0 aliphatic heterocycles. The first-order valence-corrected chi connectivity index (χ1v) is 8.12. The molecular weight excluding hydrogens is 278 g/mol. The fourth-order valence-corrected chi connectivity index (χ4v) is 3.16. The molecular formula is C13H21N3O3S. The van der Waals surface area contributed by atoms with E-state index in [9.17, 15) is 13.5 Å². The summed E-state index contributed by atoms with van der Waals surface area (Å²) in [6.07, 6.45) is 5.02. The molecule has 0 radical (unpaired) electrons. The van der Waals surface area contributed by atoms with Crippen molar-refractivity contribution in [3.63, 3.8) is 0 Å². The lowest BCUT2D eigenvalue weighted by Crippen LogP contribution is -2.33. The Balaban J connectivity index is 2.02. The molecule has 0 atom stereocenters. The number of pyridine rings is 1. The summed E-state index contributed by atoms with van der Waals surface area (Å²) in [6, 6.07) is 3.14. The molecule has 0 aromatic carbocycles. The standard InChI is InChI=1S/C13H21N3O3S/c1-16(2)20(18,19)11-5-6-12(14-9-11)15-10-13(17)7-3-4-8-13/h5-6,9,17H,3-4,7-8,10H2,1-2H3,(H,14,15). The smallest absolute Gasteiger partial charge is 0.244 e. The van der Waals surface area contributed by atoms with Crippen LogP contribution in [0.2, 0.25) is 0 Å². The SMILES string of the molecule is CN(C)S(=O)(=O)c1ccc(NCC2(O)CCCC2)nc1. The summed E-state index contributed by atoms with van der Waals surface area (Å²) in [6.45, 7) is 0.444. The summed E-state index contributed by atoms with van der Waals surface area (Å²) in [7, 11) is -0.476. The highest BCUT2D eigenvalue weighted by molar-refractivity contribution is 7.89. The van der Waals surface area contributed by atoms with Crippen LogP contribution in [0.5, 0.6) is 0 Å². The first-order chi connectivity index (χ1) is 9.33. The van der Waals surface area contributed by atoms with Gasteiger partial charge in [0.05, 0.1) is 5.60 Å². The lowest BCUT2D eigenvalue weighted by atomic mass is 10.0. The maximum absolute atomic E-state index is 11.9. The van der Waals surface area contributed by atoms with Gasteiger partial charge in [-0.05, 0) is 25.0 Å². The van der Waals surface area contributed by atoms with E-state index in [1.165, 1.54) is 26.4 Å². The molecule has 6 nitrogen and oxygen atoms in total. The molecule has 1 aliphatic carbocycles. The van der Waals surface area contributed by atoms with E-state index in [-0.39, 0.29) is 4.90 Å². The van der Waals surface area contributed by atoms with Gasteiger partial charge in [0.25, 0.3) is 0 Å². The fourth-order valence-electron chi connectivity index (χ4n) is 2.31. The Labute approximate surface area is 119 Å². The van der Waals surface area contributed by atoms with Gasteiger partial charge in [0, 0.05) is 26.8 Å². The average Bonchev–Trinajstić information content (AvgIpc) is 2.84. The Morgan fingerprint density at radius 1 is 1.35 bits per heavy atom. The molecule has 0 spiro atoms. The molecule has 1 aliphatic rings. The molecule has 7 heteroatoms. The van der Waals surface area contributed by atoms with Crippen molar-refractivity contribution in [2.45, 2.75) is 36.2 Å². The molecule has 1 saturated carbocycles. The van der Waals surface area contributed by atoms with E-state index < -0.39 is 15.6 Å². The molecule has 0 amide bonds. The van der Waals surface area contributed by atoms with Crippen LogP contribution in [0, 0.1) is 0 Å². The van der Waals surface area contributed by atoms with Crippen molar-refractivity contribution in [3.05, 3.63) is 18.3 Å². The van der Waals surface area contributed by atoms with E-state index >= 15 is 0 Å². The minimum Gasteiger partial charge on any atom is -0.388 e. The van der Waals surface area contributed by atoms with Crippen LogP contribution in [0.3, 0.4) is 0 Å². The molecule has 20 heavy (non-hydrogen) atoms. The van der Waals surface area contributed by atoms with Crippen LogP contribution >= 0.6 is 0 Å². The maximum atomic E-state index is 11.9. The number of hydrogen-bond acceptors (Lipinski definition) is 5. The summed E-state index contributed by atoms with van der Waals surface area (Å²) in [4.78, 5) is 4.25. The second-order valence-electron chi connectivity index (χ2n) is 5.45. The minimum absolute atomic E-state index is 0.160. The Bertz CT molecular complexity index is 549. The Morgan fingerprint density at radius 2 is 2.00 bits per heavy atom. The Kier molecular flexibility index (Phi) is 4.31. The number of nitrogens with zero attached hydrogens (tertiary/aromatic N) is 2.